The molecule has 1 aliphatic heterocycles. The summed E-state index contributed by atoms with van der Waals surface area (Å²) in [5, 5.41) is 17.6. The van der Waals surface area contributed by atoms with Gasteiger partial charge in [-0.1, -0.05) is 23.4 Å². The number of aliphatic hydroxyl groups excluding tert-OH is 1. The highest BCUT2D eigenvalue weighted by molar-refractivity contribution is 5.91. The largest absolute Gasteiger partial charge is 0.464 e. The Morgan fingerprint density at radius 3 is 3.05 bits per heavy atom. The Balaban J connectivity index is 1.71. The summed E-state index contributed by atoms with van der Waals surface area (Å²) >= 11 is 0. The summed E-state index contributed by atoms with van der Waals surface area (Å²) in [6, 6.07) is 7.64. The second-order valence-corrected chi connectivity index (χ2v) is 4.95. The van der Waals surface area contributed by atoms with Gasteiger partial charge in [0.05, 0.1) is 17.7 Å². The van der Waals surface area contributed by atoms with E-state index < -0.39 is 0 Å². The Bertz CT molecular complexity index is 749. The Kier molecular flexibility index (Phi) is 2.58. The maximum absolute atomic E-state index is 9.53. The van der Waals surface area contributed by atoms with Crippen molar-refractivity contribution in [2.24, 2.45) is 0 Å². The molecule has 102 valence electrons. The van der Waals surface area contributed by atoms with Crippen LogP contribution in [0, 0.1) is 0 Å². The molecule has 0 aliphatic carbocycles. The van der Waals surface area contributed by atoms with Crippen LogP contribution in [0.5, 0.6) is 0 Å². The third-order valence-electron chi connectivity index (χ3n) is 3.57. The smallest absolute Gasteiger partial charge is 0.244 e. The van der Waals surface area contributed by atoms with Crippen molar-refractivity contribution < 1.29 is 14.0 Å². The molecule has 4 rings (SSSR count). The zero-order valence-electron chi connectivity index (χ0n) is 10.6. The van der Waals surface area contributed by atoms with E-state index in [9.17, 15) is 5.11 Å². The normalized spacial score (nSPS) is 22.6. The predicted octanol–water partition coefficient (Wildman–Crippen LogP) is 1.88. The van der Waals surface area contributed by atoms with E-state index in [0.29, 0.717) is 24.7 Å². The molecule has 1 aromatic carbocycles. The van der Waals surface area contributed by atoms with Crippen molar-refractivity contribution in [2.45, 2.75) is 18.6 Å². The van der Waals surface area contributed by atoms with Crippen LogP contribution in [-0.2, 0) is 0 Å². The first-order chi connectivity index (χ1) is 9.81. The van der Waals surface area contributed by atoms with Gasteiger partial charge >= 0.3 is 0 Å². The first kappa shape index (κ1) is 11.6. The molecule has 1 saturated heterocycles. The minimum Gasteiger partial charge on any atom is -0.464 e. The zero-order valence-corrected chi connectivity index (χ0v) is 10.6. The molecular weight excluding hydrogens is 258 g/mol. The maximum atomic E-state index is 9.53. The van der Waals surface area contributed by atoms with Crippen LogP contribution in [0.2, 0.25) is 0 Å². The maximum Gasteiger partial charge on any atom is 0.244 e. The van der Waals surface area contributed by atoms with E-state index in [0.717, 1.165) is 16.5 Å². The first-order valence-electron chi connectivity index (χ1n) is 6.53. The number of rotatable bonds is 2. The fourth-order valence-corrected chi connectivity index (χ4v) is 2.54. The van der Waals surface area contributed by atoms with Crippen molar-refractivity contribution in [2.75, 3.05) is 6.54 Å². The number of nitrogens with one attached hydrogen (secondary N) is 1. The number of β-amino-alcohol motifs (C(OH)–C–C–N with tert-alkyl or cyclic N) is 1. The van der Waals surface area contributed by atoms with Crippen LogP contribution in [0.25, 0.3) is 22.4 Å². The number of para-hydroxylation sites is 1. The van der Waals surface area contributed by atoms with Crippen LogP contribution < -0.4 is 5.32 Å². The quantitative estimate of drug-likeness (QED) is 0.740. The van der Waals surface area contributed by atoms with Gasteiger partial charge in [0.1, 0.15) is 11.8 Å². The van der Waals surface area contributed by atoms with Crippen LogP contribution in [-0.4, -0.2) is 27.9 Å². The molecule has 0 radical (unpaired) electrons. The highest BCUT2D eigenvalue weighted by atomic mass is 16.5. The van der Waals surface area contributed by atoms with Crippen molar-refractivity contribution in [3.63, 3.8) is 0 Å². The lowest BCUT2D eigenvalue weighted by Crippen LogP contribution is -2.15. The molecule has 2 N–H and O–H groups in total. The second-order valence-electron chi connectivity index (χ2n) is 4.95. The van der Waals surface area contributed by atoms with Crippen molar-refractivity contribution in [3.05, 3.63) is 36.4 Å². The third kappa shape index (κ3) is 1.81. The molecular formula is C14H13N3O3. The van der Waals surface area contributed by atoms with Gasteiger partial charge in [-0.05, 0) is 12.5 Å². The molecule has 1 fully saturated rings. The fourth-order valence-electron chi connectivity index (χ4n) is 2.54. The van der Waals surface area contributed by atoms with Crippen molar-refractivity contribution in [1.82, 2.24) is 15.5 Å². The van der Waals surface area contributed by atoms with Gasteiger partial charge in [0.25, 0.3) is 0 Å². The Morgan fingerprint density at radius 2 is 2.20 bits per heavy atom. The molecule has 2 atom stereocenters. The lowest BCUT2D eigenvalue weighted by molar-refractivity contribution is 0.191. The summed E-state index contributed by atoms with van der Waals surface area (Å²) < 4.78 is 10.8. The molecule has 6 heteroatoms. The summed E-state index contributed by atoms with van der Waals surface area (Å²) in [7, 11) is 0. The van der Waals surface area contributed by atoms with E-state index in [1.807, 2.05) is 24.3 Å². The number of hydrogen-bond acceptors (Lipinski definition) is 6. The molecule has 0 spiro atoms. The molecule has 0 amide bonds. The minimum absolute atomic E-state index is 0.0792. The minimum atomic E-state index is -0.356. The van der Waals surface area contributed by atoms with Gasteiger partial charge in [0, 0.05) is 11.9 Å². The van der Waals surface area contributed by atoms with Crippen molar-refractivity contribution in [3.8, 4) is 11.4 Å². The van der Waals surface area contributed by atoms with E-state index in [4.69, 9.17) is 8.94 Å². The summed E-state index contributed by atoms with van der Waals surface area (Å²) in [5.74, 6) is 1.01. The van der Waals surface area contributed by atoms with E-state index in [-0.39, 0.29) is 12.1 Å². The Labute approximate surface area is 114 Å². The molecule has 0 saturated carbocycles. The monoisotopic (exact) mass is 271 g/mol. The van der Waals surface area contributed by atoms with Gasteiger partial charge < -0.3 is 19.4 Å². The Hall–Kier alpha value is -2.18. The average Bonchev–Trinajstić information content (AvgIpc) is 3.15. The average molecular weight is 271 g/mol. The Morgan fingerprint density at radius 1 is 1.30 bits per heavy atom. The van der Waals surface area contributed by atoms with Gasteiger partial charge in [0.15, 0.2) is 0 Å². The van der Waals surface area contributed by atoms with E-state index in [1.165, 1.54) is 0 Å². The van der Waals surface area contributed by atoms with Crippen LogP contribution >= 0.6 is 0 Å². The molecule has 0 bridgehead atoms. The highest BCUT2D eigenvalue weighted by Gasteiger charge is 2.28. The second kappa shape index (κ2) is 4.43. The molecule has 20 heavy (non-hydrogen) atoms. The number of fused-ring (bicyclic) bond motifs is 1. The fraction of sp³-hybridized carbons (Fsp3) is 0.286. The summed E-state index contributed by atoms with van der Waals surface area (Å²) in [4.78, 5) is 4.41. The third-order valence-corrected chi connectivity index (χ3v) is 3.57. The number of aliphatic hydroxyl groups is 1. The van der Waals surface area contributed by atoms with Crippen LogP contribution in [0.3, 0.4) is 0 Å². The lowest BCUT2D eigenvalue weighted by Gasteiger charge is -2.01. The number of benzene rings is 1. The zero-order chi connectivity index (χ0) is 13.5. The van der Waals surface area contributed by atoms with Crippen molar-refractivity contribution in [1.29, 1.82) is 0 Å². The standard InChI is InChI=1S/C14H13N3O3/c18-8-5-11(15-6-8)14-16-13(17-20-14)10-7-19-12-4-2-1-3-9(10)12/h1-4,7-8,11,15,18H,5-6H2/t8-,11+/m1/s1. The van der Waals surface area contributed by atoms with Gasteiger partial charge in [-0.25, -0.2) is 0 Å². The number of furan rings is 1. The van der Waals surface area contributed by atoms with Crippen LogP contribution in [0.4, 0.5) is 0 Å². The van der Waals surface area contributed by atoms with Gasteiger partial charge in [-0.15, -0.1) is 0 Å². The summed E-state index contributed by atoms with van der Waals surface area (Å²) in [6.07, 6.45) is 1.87. The molecule has 3 heterocycles. The van der Waals surface area contributed by atoms with E-state index >= 15 is 0 Å². The van der Waals surface area contributed by atoms with E-state index in [2.05, 4.69) is 15.5 Å². The van der Waals surface area contributed by atoms with Gasteiger partial charge in [-0.2, -0.15) is 4.98 Å². The number of hydrogen-bond donors (Lipinski definition) is 2. The number of aromatic nitrogens is 2. The SMILES string of the molecule is O[C@H]1CN[C@H](c2nc(-c3coc4ccccc34)no2)C1. The van der Waals surface area contributed by atoms with Gasteiger partial charge in [-0.3, -0.25) is 0 Å². The van der Waals surface area contributed by atoms with Gasteiger partial charge in [0.2, 0.25) is 11.7 Å². The topological polar surface area (TPSA) is 84.3 Å². The van der Waals surface area contributed by atoms with E-state index in [1.54, 1.807) is 6.26 Å². The lowest BCUT2D eigenvalue weighted by atomic mass is 10.1. The molecule has 0 unspecified atom stereocenters. The molecule has 1 aliphatic rings. The first-order valence-corrected chi connectivity index (χ1v) is 6.53. The molecule has 2 aromatic heterocycles. The molecule has 3 aromatic rings. The summed E-state index contributed by atoms with van der Waals surface area (Å²) in [5.41, 5.74) is 1.61. The molecule has 6 nitrogen and oxygen atoms in total. The number of nitrogens with zero attached hydrogens (tertiary/aromatic N) is 2. The highest BCUT2D eigenvalue weighted by Crippen LogP contribution is 2.30. The van der Waals surface area contributed by atoms with Crippen molar-refractivity contribution >= 4 is 11.0 Å². The van der Waals surface area contributed by atoms with Crippen LogP contribution in [0.1, 0.15) is 18.4 Å². The van der Waals surface area contributed by atoms with Crippen LogP contribution in [0.15, 0.2) is 39.5 Å². The summed E-state index contributed by atoms with van der Waals surface area (Å²) in [6.45, 7) is 0.553. The predicted molar refractivity (Wildman–Crippen MR) is 70.9 cm³/mol.